The van der Waals surface area contributed by atoms with E-state index in [-0.39, 0.29) is 11.4 Å². The summed E-state index contributed by atoms with van der Waals surface area (Å²) < 4.78 is 5.86. The molecule has 0 amide bonds. The second-order valence-corrected chi connectivity index (χ2v) is 6.39. The lowest BCUT2D eigenvalue weighted by atomic mass is 9.96. The molecule has 2 aromatic carbocycles. The van der Waals surface area contributed by atoms with Gasteiger partial charge in [0.25, 0.3) is 0 Å². The molecule has 21 heavy (non-hydrogen) atoms. The Morgan fingerprint density at radius 2 is 1.95 bits per heavy atom. The number of ether oxygens (including phenoxy) is 1. The van der Waals surface area contributed by atoms with Crippen LogP contribution in [0, 0.1) is 6.92 Å². The van der Waals surface area contributed by atoms with Gasteiger partial charge in [0.2, 0.25) is 0 Å². The van der Waals surface area contributed by atoms with Gasteiger partial charge in [0.15, 0.2) is 5.78 Å². The third kappa shape index (κ3) is 2.85. The van der Waals surface area contributed by atoms with Crippen LogP contribution < -0.4 is 4.74 Å². The Labute approximate surface area is 125 Å². The lowest BCUT2D eigenvalue weighted by molar-refractivity contribution is 0.0992. The molecule has 0 unspecified atom stereocenters. The van der Waals surface area contributed by atoms with Crippen LogP contribution in [-0.2, 0) is 12.8 Å². The summed E-state index contributed by atoms with van der Waals surface area (Å²) in [6.07, 6.45) is 1.31. The third-order valence-electron chi connectivity index (χ3n) is 4.00. The summed E-state index contributed by atoms with van der Waals surface area (Å²) in [5.41, 5.74) is 4.00. The number of ketones is 1. The molecule has 2 nitrogen and oxygen atoms in total. The molecule has 0 saturated carbocycles. The van der Waals surface area contributed by atoms with Crippen molar-refractivity contribution in [1.82, 2.24) is 0 Å². The molecule has 1 heterocycles. The largest absolute Gasteiger partial charge is 0.487 e. The molecule has 3 rings (SSSR count). The van der Waals surface area contributed by atoms with Crippen molar-refractivity contribution < 1.29 is 9.53 Å². The molecule has 0 aromatic heterocycles. The van der Waals surface area contributed by atoms with Crippen molar-refractivity contribution in [2.24, 2.45) is 0 Å². The molecular weight excluding hydrogens is 260 g/mol. The van der Waals surface area contributed by atoms with Crippen molar-refractivity contribution in [3.05, 3.63) is 64.7 Å². The predicted molar refractivity (Wildman–Crippen MR) is 84.1 cm³/mol. The smallest absolute Gasteiger partial charge is 0.167 e. The van der Waals surface area contributed by atoms with Crippen LogP contribution >= 0.6 is 0 Å². The minimum absolute atomic E-state index is 0.164. The van der Waals surface area contributed by atoms with Crippen molar-refractivity contribution >= 4 is 5.78 Å². The molecular formula is C19H20O2. The van der Waals surface area contributed by atoms with Gasteiger partial charge in [-0.25, -0.2) is 0 Å². The quantitative estimate of drug-likeness (QED) is 0.790. The highest BCUT2D eigenvalue weighted by molar-refractivity contribution is 5.98. The molecule has 0 bridgehead atoms. The maximum atomic E-state index is 12.5. The summed E-state index contributed by atoms with van der Waals surface area (Å²) in [4.78, 5) is 12.5. The highest BCUT2D eigenvalue weighted by Crippen LogP contribution is 2.35. The summed E-state index contributed by atoms with van der Waals surface area (Å²) in [6, 6.07) is 13.8. The fourth-order valence-corrected chi connectivity index (χ4v) is 2.87. The Balaban J connectivity index is 1.83. The maximum Gasteiger partial charge on any atom is 0.167 e. The van der Waals surface area contributed by atoms with E-state index in [0.717, 1.165) is 34.4 Å². The number of aryl methyl sites for hydroxylation is 1. The second kappa shape index (κ2) is 5.03. The first-order chi connectivity index (χ1) is 9.94. The number of Topliss-reactive ketones (excluding diaryl/α,β-unsaturated/α-hetero) is 1. The van der Waals surface area contributed by atoms with Crippen molar-refractivity contribution in [1.29, 1.82) is 0 Å². The maximum absolute atomic E-state index is 12.5. The number of carbonyl (C=O) groups is 1. The van der Waals surface area contributed by atoms with E-state index in [1.54, 1.807) is 0 Å². The van der Waals surface area contributed by atoms with Gasteiger partial charge < -0.3 is 4.74 Å². The van der Waals surface area contributed by atoms with Gasteiger partial charge in [0.1, 0.15) is 11.4 Å². The Morgan fingerprint density at radius 3 is 2.71 bits per heavy atom. The molecule has 0 radical (unpaired) electrons. The van der Waals surface area contributed by atoms with Crippen LogP contribution in [0.4, 0.5) is 0 Å². The summed E-state index contributed by atoms with van der Waals surface area (Å²) >= 11 is 0. The van der Waals surface area contributed by atoms with E-state index in [1.165, 1.54) is 0 Å². The molecule has 0 saturated heterocycles. The van der Waals surface area contributed by atoms with Gasteiger partial charge in [0.05, 0.1) is 0 Å². The lowest BCUT2D eigenvalue weighted by Crippen LogP contribution is -2.24. The van der Waals surface area contributed by atoms with Crippen LogP contribution in [0.5, 0.6) is 5.75 Å². The average molecular weight is 280 g/mol. The molecule has 108 valence electrons. The van der Waals surface area contributed by atoms with E-state index < -0.39 is 0 Å². The van der Waals surface area contributed by atoms with E-state index in [4.69, 9.17) is 4.74 Å². The molecule has 0 spiro atoms. The molecule has 1 aliphatic heterocycles. The Kier molecular flexibility index (Phi) is 3.32. The number of hydrogen-bond acceptors (Lipinski definition) is 2. The van der Waals surface area contributed by atoms with E-state index in [2.05, 4.69) is 13.8 Å². The van der Waals surface area contributed by atoms with Gasteiger partial charge in [-0.15, -0.1) is 0 Å². The Hall–Kier alpha value is -2.09. The van der Waals surface area contributed by atoms with Gasteiger partial charge in [-0.05, 0) is 55.7 Å². The van der Waals surface area contributed by atoms with Crippen molar-refractivity contribution in [2.75, 3.05) is 0 Å². The highest BCUT2D eigenvalue weighted by atomic mass is 16.5. The van der Waals surface area contributed by atoms with Crippen LogP contribution in [0.15, 0.2) is 42.5 Å². The van der Waals surface area contributed by atoms with E-state index in [1.807, 2.05) is 49.4 Å². The fraction of sp³-hybridized carbons (Fsp3) is 0.316. The van der Waals surface area contributed by atoms with Crippen LogP contribution in [-0.4, -0.2) is 11.4 Å². The van der Waals surface area contributed by atoms with Gasteiger partial charge in [-0.2, -0.15) is 0 Å². The van der Waals surface area contributed by atoms with Gasteiger partial charge in [-0.3, -0.25) is 4.79 Å². The molecule has 1 aliphatic rings. The minimum Gasteiger partial charge on any atom is -0.487 e. The van der Waals surface area contributed by atoms with E-state index in [9.17, 15) is 4.79 Å². The molecule has 0 aliphatic carbocycles. The first-order valence-corrected chi connectivity index (χ1v) is 7.34. The normalized spacial score (nSPS) is 15.4. The number of rotatable bonds is 3. The molecule has 0 N–H and O–H groups in total. The summed E-state index contributed by atoms with van der Waals surface area (Å²) in [7, 11) is 0. The summed E-state index contributed by atoms with van der Waals surface area (Å²) in [5.74, 6) is 1.07. The third-order valence-corrected chi connectivity index (χ3v) is 4.00. The van der Waals surface area contributed by atoms with E-state index >= 15 is 0 Å². The van der Waals surface area contributed by atoms with Crippen LogP contribution in [0.2, 0.25) is 0 Å². The van der Waals surface area contributed by atoms with Crippen molar-refractivity contribution in [3.8, 4) is 5.75 Å². The molecule has 0 atom stereocenters. The standard InChI is InChI=1S/C19H20O2/c1-13-6-4-5-7-14(13)11-17(20)15-8-9-18-16(10-15)12-19(2,3)21-18/h4-10H,11-12H2,1-3H3. The first kappa shape index (κ1) is 13.9. The van der Waals surface area contributed by atoms with Crippen LogP contribution in [0.1, 0.15) is 40.9 Å². The fourth-order valence-electron chi connectivity index (χ4n) is 2.87. The lowest BCUT2D eigenvalue weighted by Gasteiger charge is -2.16. The van der Waals surface area contributed by atoms with Gasteiger partial charge in [0, 0.05) is 18.4 Å². The number of carbonyl (C=O) groups excluding carboxylic acids is 1. The Morgan fingerprint density at radius 1 is 1.19 bits per heavy atom. The molecule has 2 heteroatoms. The average Bonchev–Trinajstić information content (AvgIpc) is 2.74. The van der Waals surface area contributed by atoms with Gasteiger partial charge in [-0.1, -0.05) is 24.3 Å². The zero-order valence-corrected chi connectivity index (χ0v) is 12.8. The SMILES string of the molecule is Cc1ccccc1CC(=O)c1ccc2c(c1)CC(C)(C)O2. The zero-order valence-electron chi connectivity index (χ0n) is 12.8. The van der Waals surface area contributed by atoms with Crippen molar-refractivity contribution in [3.63, 3.8) is 0 Å². The van der Waals surface area contributed by atoms with E-state index in [0.29, 0.717) is 6.42 Å². The number of hydrogen-bond donors (Lipinski definition) is 0. The highest BCUT2D eigenvalue weighted by Gasteiger charge is 2.30. The van der Waals surface area contributed by atoms with Gasteiger partial charge >= 0.3 is 0 Å². The minimum atomic E-state index is -0.167. The summed E-state index contributed by atoms with van der Waals surface area (Å²) in [5, 5.41) is 0. The summed E-state index contributed by atoms with van der Waals surface area (Å²) in [6.45, 7) is 6.19. The topological polar surface area (TPSA) is 26.3 Å². The van der Waals surface area contributed by atoms with Crippen LogP contribution in [0.3, 0.4) is 0 Å². The molecule has 2 aromatic rings. The first-order valence-electron chi connectivity index (χ1n) is 7.34. The predicted octanol–water partition coefficient (Wildman–Crippen LogP) is 4.13. The number of fused-ring (bicyclic) bond motifs is 1. The monoisotopic (exact) mass is 280 g/mol. The van der Waals surface area contributed by atoms with Crippen molar-refractivity contribution in [2.45, 2.75) is 39.2 Å². The van der Waals surface area contributed by atoms with Crippen LogP contribution in [0.25, 0.3) is 0 Å². The Bertz CT molecular complexity index is 698. The second-order valence-electron chi connectivity index (χ2n) is 6.39. The molecule has 0 fully saturated rings. The zero-order chi connectivity index (χ0) is 15.0. The number of benzene rings is 2.